The molecule has 4 aromatic rings. The lowest BCUT2D eigenvalue weighted by Gasteiger charge is -2.21. The number of amides is 1. The summed E-state index contributed by atoms with van der Waals surface area (Å²) in [5, 5.41) is 13.8. The minimum atomic E-state index is -0.170. The SMILES string of the molecule is CNC(=O)COc1ccc(-c2sc3cc(O)ccc3c2Cc2ccc(N3CCCC3)c(OC)c2)cc1. The number of nitrogens with one attached hydrogen (secondary N) is 1. The summed E-state index contributed by atoms with van der Waals surface area (Å²) >= 11 is 1.67. The molecule has 0 aliphatic carbocycles. The van der Waals surface area contributed by atoms with Gasteiger partial charge in [0.05, 0.1) is 12.8 Å². The van der Waals surface area contributed by atoms with E-state index in [1.165, 1.54) is 24.0 Å². The molecule has 1 saturated heterocycles. The average molecular weight is 503 g/mol. The van der Waals surface area contributed by atoms with Gasteiger partial charge in [-0.3, -0.25) is 4.79 Å². The Hall–Kier alpha value is -3.71. The molecule has 186 valence electrons. The summed E-state index contributed by atoms with van der Waals surface area (Å²) in [4.78, 5) is 15.0. The van der Waals surface area contributed by atoms with E-state index in [4.69, 9.17) is 9.47 Å². The van der Waals surface area contributed by atoms with Crippen LogP contribution >= 0.6 is 11.3 Å². The lowest BCUT2D eigenvalue weighted by atomic mass is 9.98. The van der Waals surface area contributed by atoms with Gasteiger partial charge in [0.1, 0.15) is 17.2 Å². The Morgan fingerprint density at radius 1 is 1.06 bits per heavy atom. The predicted octanol–water partition coefficient (Wildman–Crippen LogP) is 5.60. The maximum atomic E-state index is 11.5. The van der Waals surface area contributed by atoms with Crippen LogP contribution in [0.5, 0.6) is 17.2 Å². The van der Waals surface area contributed by atoms with Crippen molar-refractivity contribution in [3.63, 3.8) is 0 Å². The van der Waals surface area contributed by atoms with Crippen LogP contribution in [0.15, 0.2) is 60.7 Å². The van der Waals surface area contributed by atoms with Crippen LogP contribution in [0.1, 0.15) is 24.0 Å². The molecule has 1 aliphatic heterocycles. The van der Waals surface area contributed by atoms with E-state index in [9.17, 15) is 9.90 Å². The van der Waals surface area contributed by atoms with Crippen molar-refractivity contribution in [1.82, 2.24) is 5.32 Å². The average Bonchev–Trinajstić information content (AvgIpc) is 3.56. The van der Waals surface area contributed by atoms with Gasteiger partial charge in [-0.2, -0.15) is 0 Å². The summed E-state index contributed by atoms with van der Waals surface area (Å²) in [6.45, 7) is 2.13. The fraction of sp³-hybridized carbons (Fsp3) is 0.276. The number of rotatable bonds is 8. The molecule has 1 aliphatic rings. The van der Waals surface area contributed by atoms with Gasteiger partial charge in [0, 0.05) is 29.7 Å². The minimum Gasteiger partial charge on any atom is -0.508 e. The highest BCUT2D eigenvalue weighted by atomic mass is 32.1. The van der Waals surface area contributed by atoms with Gasteiger partial charge >= 0.3 is 0 Å². The molecule has 0 spiro atoms. The third-order valence-corrected chi connectivity index (χ3v) is 7.86. The Balaban J connectivity index is 1.48. The number of benzene rings is 3. The number of aromatic hydroxyl groups is 1. The third kappa shape index (κ3) is 4.97. The number of carbonyl (C=O) groups is 1. The van der Waals surface area contributed by atoms with Gasteiger partial charge in [0.25, 0.3) is 5.91 Å². The Morgan fingerprint density at radius 2 is 1.83 bits per heavy atom. The molecule has 1 amide bonds. The summed E-state index contributed by atoms with van der Waals surface area (Å²) in [6, 6.07) is 19.9. The minimum absolute atomic E-state index is 0.0154. The monoisotopic (exact) mass is 502 g/mol. The highest BCUT2D eigenvalue weighted by Gasteiger charge is 2.19. The second kappa shape index (κ2) is 10.5. The first kappa shape index (κ1) is 24.0. The molecule has 1 fully saturated rings. The summed E-state index contributed by atoms with van der Waals surface area (Å²) < 4.78 is 12.4. The molecule has 0 bridgehead atoms. The molecule has 0 saturated carbocycles. The van der Waals surface area contributed by atoms with E-state index in [1.807, 2.05) is 36.4 Å². The quantitative estimate of drug-likeness (QED) is 0.328. The number of fused-ring (bicyclic) bond motifs is 1. The summed E-state index contributed by atoms with van der Waals surface area (Å²) in [6.07, 6.45) is 3.18. The summed E-state index contributed by atoms with van der Waals surface area (Å²) in [5.74, 6) is 1.64. The number of hydrogen-bond acceptors (Lipinski definition) is 6. The van der Waals surface area contributed by atoms with Crippen molar-refractivity contribution in [3.05, 3.63) is 71.8 Å². The second-order valence-electron chi connectivity index (χ2n) is 8.95. The van der Waals surface area contributed by atoms with Crippen molar-refractivity contribution < 1.29 is 19.4 Å². The maximum absolute atomic E-state index is 11.5. The molecule has 5 rings (SSSR count). The maximum Gasteiger partial charge on any atom is 0.257 e. The summed E-state index contributed by atoms with van der Waals surface area (Å²) in [7, 11) is 3.33. The zero-order valence-electron chi connectivity index (χ0n) is 20.5. The Morgan fingerprint density at radius 3 is 2.56 bits per heavy atom. The number of phenolic OH excluding ortho intramolecular Hbond substituents is 1. The van der Waals surface area contributed by atoms with E-state index in [2.05, 4.69) is 28.4 Å². The van der Waals surface area contributed by atoms with Gasteiger partial charge in [-0.05, 0) is 95.9 Å². The standard InChI is InChI=1S/C29H30N2O4S/c1-30-28(33)18-35-22-9-6-20(7-10-22)29-24(23-11-8-21(32)17-27(23)36-29)15-19-5-12-25(26(16-19)34-2)31-13-3-4-14-31/h5-12,16-17,32H,3-4,13-15,18H2,1-2H3,(H,30,33). The number of carbonyl (C=O) groups excluding carboxylic acids is 1. The van der Waals surface area contributed by atoms with Crippen LogP contribution in [0.2, 0.25) is 0 Å². The van der Waals surface area contributed by atoms with Gasteiger partial charge in [0.15, 0.2) is 6.61 Å². The van der Waals surface area contributed by atoms with E-state index in [0.717, 1.165) is 51.5 Å². The Bertz CT molecular complexity index is 1370. The Kier molecular flexibility index (Phi) is 7.00. The van der Waals surface area contributed by atoms with Gasteiger partial charge in [-0.1, -0.05) is 6.07 Å². The van der Waals surface area contributed by atoms with Crippen molar-refractivity contribution in [2.45, 2.75) is 19.3 Å². The molecule has 6 nitrogen and oxygen atoms in total. The number of ether oxygens (including phenoxy) is 2. The fourth-order valence-electron chi connectivity index (χ4n) is 4.73. The van der Waals surface area contributed by atoms with Crippen LogP contribution in [-0.4, -0.2) is 44.9 Å². The molecule has 0 radical (unpaired) electrons. The molecule has 2 heterocycles. The van der Waals surface area contributed by atoms with E-state index in [-0.39, 0.29) is 18.3 Å². The molecular formula is C29H30N2O4S. The van der Waals surface area contributed by atoms with Crippen molar-refractivity contribution in [2.24, 2.45) is 0 Å². The predicted molar refractivity (Wildman–Crippen MR) is 146 cm³/mol. The van der Waals surface area contributed by atoms with E-state index in [1.54, 1.807) is 31.6 Å². The van der Waals surface area contributed by atoms with Crippen LogP contribution in [0.3, 0.4) is 0 Å². The fourth-order valence-corrected chi connectivity index (χ4v) is 5.99. The van der Waals surface area contributed by atoms with E-state index >= 15 is 0 Å². The van der Waals surface area contributed by atoms with Crippen LogP contribution in [-0.2, 0) is 11.2 Å². The van der Waals surface area contributed by atoms with Crippen molar-refractivity contribution >= 4 is 33.0 Å². The lowest BCUT2D eigenvalue weighted by molar-refractivity contribution is -0.122. The molecule has 36 heavy (non-hydrogen) atoms. The van der Waals surface area contributed by atoms with Crippen LogP contribution in [0.25, 0.3) is 20.5 Å². The van der Waals surface area contributed by atoms with Gasteiger partial charge in [0.2, 0.25) is 0 Å². The number of anilines is 1. The van der Waals surface area contributed by atoms with Gasteiger partial charge in [-0.15, -0.1) is 11.3 Å². The number of methoxy groups -OCH3 is 1. The number of nitrogens with zero attached hydrogens (tertiary/aromatic N) is 1. The molecule has 0 unspecified atom stereocenters. The van der Waals surface area contributed by atoms with Crippen LogP contribution in [0.4, 0.5) is 5.69 Å². The van der Waals surface area contributed by atoms with Crippen LogP contribution < -0.4 is 19.7 Å². The molecule has 0 atom stereocenters. The molecule has 7 heteroatoms. The second-order valence-corrected chi connectivity index (χ2v) is 10.0. The first-order chi connectivity index (χ1) is 17.6. The highest BCUT2D eigenvalue weighted by molar-refractivity contribution is 7.22. The van der Waals surface area contributed by atoms with Crippen molar-refractivity contribution in [2.75, 3.05) is 38.8 Å². The van der Waals surface area contributed by atoms with Crippen LogP contribution in [0, 0.1) is 0 Å². The highest BCUT2D eigenvalue weighted by Crippen LogP contribution is 2.42. The van der Waals surface area contributed by atoms with Gasteiger partial charge < -0.3 is 24.8 Å². The molecular weight excluding hydrogens is 472 g/mol. The zero-order chi connectivity index (χ0) is 25.1. The first-order valence-corrected chi connectivity index (χ1v) is 13.0. The number of thiophene rings is 1. The first-order valence-electron chi connectivity index (χ1n) is 12.2. The van der Waals surface area contributed by atoms with E-state index in [0.29, 0.717) is 5.75 Å². The Labute approximate surface area is 215 Å². The number of phenols is 1. The molecule has 1 aromatic heterocycles. The molecule has 3 aromatic carbocycles. The lowest BCUT2D eigenvalue weighted by Crippen LogP contribution is -2.24. The van der Waals surface area contributed by atoms with Crippen molar-refractivity contribution in [3.8, 4) is 27.7 Å². The largest absolute Gasteiger partial charge is 0.508 e. The normalized spacial score (nSPS) is 13.2. The zero-order valence-corrected chi connectivity index (χ0v) is 21.4. The number of likely N-dealkylation sites (N-methyl/N-ethyl adjacent to an activating group) is 1. The van der Waals surface area contributed by atoms with E-state index < -0.39 is 0 Å². The smallest absolute Gasteiger partial charge is 0.257 e. The summed E-state index contributed by atoms with van der Waals surface area (Å²) in [5.41, 5.74) is 4.62. The molecule has 2 N–H and O–H groups in total. The van der Waals surface area contributed by atoms with Gasteiger partial charge in [-0.25, -0.2) is 0 Å². The van der Waals surface area contributed by atoms with Crippen molar-refractivity contribution in [1.29, 1.82) is 0 Å². The number of hydrogen-bond donors (Lipinski definition) is 2. The topological polar surface area (TPSA) is 71.0 Å². The third-order valence-electron chi connectivity index (χ3n) is 6.61.